The highest BCUT2D eigenvalue weighted by molar-refractivity contribution is 5.97. The molecule has 6 heteroatoms. The van der Waals surface area contributed by atoms with Crippen molar-refractivity contribution >= 4 is 16.9 Å². The predicted molar refractivity (Wildman–Crippen MR) is 118 cm³/mol. The number of anilines is 1. The summed E-state index contributed by atoms with van der Waals surface area (Å²) >= 11 is 0. The third-order valence-corrected chi connectivity index (χ3v) is 5.78. The molecule has 0 spiro atoms. The lowest BCUT2D eigenvalue weighted by Gasteiger charge is -2.32. The van der Waals surface area contributed by atoms with Gasteiger partial charge in [-0.3, -0.25) is 4.90 Å². The molecule has 2 aromatic carbocycles. The van der Waals surface area contributed by atoms with Crippen molar-refractivity contribution in [3.05, 3.63) is 72.1 Å². The second-order valence-corrected chi connectivity index (χ2v) is 7.98. The molecule has 0 atom stereocenters. The molecule has 1 aliphatic rings. The average Bonchev–Trinajstić information content (AvgIpc) is 3.22. The first-order chi connectivity index (χ1) is 14.8. The first-order valence-electron chi connectivity index (χ1n) is 10.5. The van der Waals surface area contributed by atoms with Crippen molar-refractivity contribution in [2.45, 2.75) is 32.4 Å². The Morgan fingerprint density at radius 1 is 1.00 bits per heavy atom. The molecule has 1 aliphatic heterocycles. The fourth-order valence-electron chi connectivity index (χ4n) is 4.07. The zero-order valence-electron chi connectivity index (χ0n) is 17.1. The number of benzene rings is 2. The number of hydrogen-bond acceptors (Lipinski definition) is 6. The van der Waals surface area contributed by atoms with E-state index < -0.39 is 0 Å². The first-order valence-corrected chi connectivity index (χ1v) is 10.5. The quantitative estimate of drug-likeness (QED) is 0.526. The van der Waals surface area contributed by atoms with Crippen molar-refractivity contribution in [2.75, 3.05) is 18.4 Å². The van der Waals surface area contributed by atoms with Gasteiger partial charge in [-0.2, -0.15) is 4.98 Å². The summed E-state index contributed by atoms with van der Waals surface area (Å²) in [7, 11) is 0. The highest BCUT2D eigenvalue weighted by Crippen LogP contribution is 2.32. The minimum Gasteiger partial charge on any atom is -0.366 e. The summed E-state index contributed by atoms with van der Waals surface area (Å²) in [6, 6.07) is 19.3. The second kappa shape index (κ2) is 8.24. The van der Waals surface area contributed by atoms with Crippen LogP contribution in [0.1, 0.15) is 24.0 Å². The molecule has 30 heavy (non-hydrogen) atoms. The third kappa shape index (κ3) is 3.91. The maximum atomic E-state index is 5.50. The van der Waals surface area contributed by atoms with Crippen LogP contribution >= 0.6 is 0 Å². The second-order valence-electron chi connectivity index (χ2n) is 7.98. The van der Waals surface area contributed by atoms with Crippen molar-refractivity contribution in [3.63, 3.8) is 0 Å². The monoisotopic (exact) mass is 399 g/mol. The molecule has 0 radical (unpaired) electrons. The van der Waals surface area contributed by atoms with Gasteiger partial charge in [0.05, 0.1) is 0 Å². The van der Waals surface area contributed by atoms with Gasteiger partial charge in [0.15, 0.2) is 0 Å². The summed E-state index contributed by atoms with van der Waals surface area (Å²) in [6.45, 7) is 5.21. The fourth-order valence-corrected chi connectivity index (χ4v) is 4.07. The van der Waals surface area contributed by atoms with Crippen LogP contribution in [-0.4, -0.2) is 39.2 Å². The van der Waals surface area contributed by atoms with Gasteiger partial charge in [0.2, 0.25) is 0 Å². The zero-order chi connectivity index (χ0) is 20.3. The van der Waals surface area contributed by atoms with Gasteiger partial charge >= 0.3 is 0 Å². The molecule has 0 saturated carbocycles. The Bertz CT molecular complexity index is 1120. The number of likely N-dealkylation sites (tertiary alicyclic amines) is 1. The molecule has 4 aromatic rings. The van der Waals surface area contributed by atoms with Crippen LogP contribution in [0.3, 0.4) is 0 Å². The molecule has 0 aliphatic carbocycles. The maximum Gasteiger partial charge on any atom is 0.263 e. The van der Waals surface area contributed by atoms with Gasteiger partial charge in [0.25, 0.3) is 5.71 Å². The Morgan fingerprint density at radius 3 is 2.53 bits per heavy atom. The highest BCUT2D eigenvalue weighted by Gasteiger charge is 2.22. The molecular weight excluding hydrogens is 374 g/mol. The number of piperidine rings is 1. The molecule has 2 aromatic heterocycles. The van der Waals surface area contributed by atoms with E-state index in [0.717, 1.165) is 54.9 Å². The SMILES string of the molecule is Cc1ccc(-c2noc3ncnc(NC4CCN(Cc5ccccc5)CC4)c23)cc1. The summed E-state index contributed by atoms with van der Waals surface area (Å²) in [5.74, 6) is 0.804. The van der Waals surface area contributed by atoms with Gasteiger partial charge in [0.1, 0.15) is 23.2 Å². The van der Waals surface area contributed by atoms with E-state index in [1.54, 1.807) is 6.33 Å². The lowest BCUT2D eigenvalue weighted by atomic mass is 10.0. The van der Waals surface area contributed by atoms with E-state index in [4.69, 9.17) is 4.52 Å². The minimum absolute atomic E-state index is 0.371. The van der Waals surface area contributed by atoms with E-state index in [1.807, 2.05) is 0 Å². The minimum atomic E-state index is 0.371. The van der Waals surface area contributed by atoms with Crippen LogP contribution in [0.2, 0.25) is 0 Å². The van der Waals surface area contributed by atoms with Crippen LogP contribution in [0.15, 0.2) is 65.4 Å². The molecule has 6 nitrogen and oxygen atoms in total. The van der Waals surface area contributed by atoms with Crippen LogP contribution in [0, 0.1) is 6.92 Å². The smallest absolute Gasteiger partial charge is 0.263 e. The number of aryl methyl sites for hydroxylation is 1. The summed E-state index contributed by atoms with van der Waals surface area (Å²) in [5.41, 5.74) is 4.89. The Labute approximate surface area is 175 Å². The van der Waals surface area contributed by atoms with Gasteiger partial charge in [-0.25, -0.2) is 4.98 Å². The molecule has 1 saturated heterocycles. The van der Waals surface area contributed by atoms with Crippen molar-refractivity contribution in [1.82, 2.24) is 20.0 Å². The lowest BCUT2D eigenvalue weighted by molar-refractivity contribution is 0.211. The number of hydrogen-bond donors (Lipinski definition) is 1. The summed E-state index contributed by atoms with van der Waals surface area (Å²) in [5, 5.41) is 8.77. The van der Waals surface area contributed by atoms with Gasteiger partial charge in [-0.1, -0.05) is 65.3 Å². The number of aromatic nitrogens is 3. The normalized spacial score (nSPS) is 15.5. The van der Waals surface area contributed by atoms with E-state index in [-0.39, 0.29) is 0 Å². The van der Waals surface area contributed by atoms with Crippen molar-refractivity contribution in [1.29, 1.82) is 0 Å². The molecule has 5 rings (SSSR count). The van der Waals surface area contributed by atoms with Crippen molar-refractivity contribution in [2.24, 2.45) is 0 Å². The number of fused-ring (bicyclic) bond motifs is 1. The largest absolute Gasteiger partial charge is 0.366 e. The Hall–Kier alpha value is -3.25. The van der Waals surface area contributed by atoms with E-state index in [0.29, 0.717) is 11.8 Å². The van der Waals surface area contributed by atoms with Crippen molar-refractivity contribution < 1.29 is 4.52 Å². The molecule has 0 unspecified atom stereocenters. The number of nitrogens with zero attached hydrogens (tertiary/aromatic N) is 4. The van der Waals surface area contributed by atoms with E-state index in [9.17, 15) is 0 Å². The molecular formula is C24H25N5O. The standard InChI is InChI=1S/C24H25N5O/c1-17-7-9-19(10-8-17)22-21-23(25-16-26-24(21)30-28-22)27-20-11-13-29(14-12-20)15-18-5-3-2-4-6-18/h2-10,16,20H,11-15H2,1H3,(H,25,26,27). The van der Waals surface area contributed by atoms with Gasteiger partial charge in [0, 0.05) is 31.2 Å². The fraction of sp³-hybridized carbons (Fsp3) is 0.292. The van der Waals surface area contributed by atoms with Gasteiger partial charge in [-0.15, -0.1) is 0 Å². The molecule has 1 fully saturated rings. The molecule has 152 valence electrons. The molecule has 0 bridgehead atoms. The Morgan fingerprint density at radius 2 is 1.77 bits per heavy atom. The van der Waals surface area contributed by atoms with Crippen LogP contribution in [0.25, 0.3) is 22.4 Å². The zero-order valence-corrected chi connectivity index (χ0v) is 17.1. The molecule has 0 amide bonds. The van der Waals surface area contributed by atoms with Gasteiger partial charge < -0.3 is 9.84 Å². The molecule has 1 N–H and O–H groups in total. The van der Waals surface area contributed by atoms with Crippen LogP contribution in [0.4, 0.5) is 5.82 Å². The summed E-state index contributed by atoms with van der Waals surface area (Å²) in [6.07, 6.45) is 3.69. The Kier molecular flexibility index (Phi) is 5.15. The summed E-state index contributed by atoms with van der Waals surface area (Å²) < 4.78 is 5.50. The first kappa shape index (κ1) is 18.8. The van der Waals surface area contributed by atoms with Crippen molar-refractivity contribution in [3.8, 4) is 11.3 Å². The van der Waals surface area contributed by atoms with E-state index in [1.165, 1.54) is 11.1 Å². The van der Waals surface area contributed by atoms with E-state index >= 15 is 0 Å². The maximum absolute atomic E-state index is 5.50. The predicted octanol–water partition coefficient (Wildman–Crippen LogP) is 4.67. The van der Waals surface area contributed by atoms with Gasteiger partial charge in [-0.05, 0) is 25.3 Å². The number of nitrogens with one attached hydrogen (secondary N) is 1. The lowest BCUT2D eigenvalue weighted by Crippen LogP contribution is -2.38. The van der Waals surface area contributed by atoms with E-state index in [2.05, 4.69) is 86.9 Å². The Balaban J connectivity index is 1.31. The van der Waals surface area contributed by atoms with Crippen LogP contribution < -0.4 is 5.32 Å². The van der Waals surface area contributed by atoms with Crippen LogP contribution in [-0.2, 0) is 6.54 Å². The topological polar surface area (TPSA) is 67.1 Å². The number of rotatable bonds is 5. The highest BCUT2D eigenvalue weighted by atomic mass is 16.5. The third-order valence-electron chi connectivity index (χ3n) is 5.78. The molecule has 3 heterocycles. The average molecular weight is 399 g/mol. The summed E-state index contributed by atoms with van der Waals surface area (Å²) in [4.78, 5) is 11.3. The van der Waals surface area contributed by atoms with Crippen LogP contribution in [0.5, 0.6) is 0 Å².